The standard InChI is InChI=1S/C10H13N3O2/c1-7(12-13-11)8-4-5-9(14-2)10(6-8)15-3/h4-7H,1-3H3/t7-/m0/s1. The van der Waals surface area contributed by atoms with Gasteiger partial charge in [-0.15, -0.1) is 0 Å². The van der Waals surface area contributed by atoms with E-state index in [1.165, 1.54) is 0 Å². The van der Waals surface area contributed by atoms with Crippen LogP contribution in [-0.2, 0) is 0 Å². The topological polar surface area (TPSA) is 67.2 Å². The van der Waals surface area contributed by atoms with E-state index in [4.69, 9.17) is 15.0 Å². The predicted octanol–water partition coefficient (Wildman–Crippen LogP) is 3.08. The molecule has 0 saturated carbocycles. The van der Waals surface area contributed by atoms with Gasteiger partial charge in [0.25, 0.3) is 0 Å². The fourth-order valence-electron chi connectivity index (χ4n) is 1.26. The molecule has 0 saturated heterocycles. The molecule has 0 radical (unpaired) electrons. The van der Waals surface area contributed by atoms with Crippen LogP contribution in [0.15, 0.2) is 23.3 Å². The number of ether oxygens (including phenoxy) is 2. The van der Waals surface area contributed by atoms with Crippen molar-refractivity contribution in [3.8, 4) is 11.5 Å². The Bertz CT molecular complexity index is 386. The first kappa shape index (κ1) is 11.2. The van der Waals surface area contributed by atoms with E-state index in [1.807, 2.05) is 13.0 Å². The molecule has 0 fully saturated rings. The molecule has 1 rings (SSSR count). The first-order chi connectivity index (χ1) is 7.22. The molecule has 0 spiro atoms. The van der Waals surface area contributed by atoms with Crippen LogP contribution in [0.3, 0.4) is 0 Å². The van der Waals surface area contributed by atoms with E-state index < -0.39 is 0 Å². The van der Waals surface area contributed by atoms with E-state index in [0.717, 1.165) is 5.56 Å². The van der Waals surface area contributed by atoms with Crippen LogP contribution < -0.4 is 9.47 Å². The Morgan fingerprint density at radius 2 is 1.93 bits per heavy atom. The number of hydrogen-bond donors (Lipinski definition) is 0. The van der Waals surface area contributed by atoms with Gasteiger partial charge in [0, 0.05) is 4.91 Å². The lowest BCUT2D eigenvalue weighted by atomic mass is 10.1. The van der Waals surface area contributed by atoms with Gasteiger partial charge in [0.1, 0.15) is 0 Å². The molecule has 0 unspecified atom stereocenters. The summed E-state index contributed by atoms with van der Waals surface area (Å²) in [5.74, 6) is 1.30. The lowest BCUT2D eigenvalue weighted by Crippen LogP contribution is -1.94. The minimum Gasteiger partial charge on any atom is -0.493 e. The van der Waals surface area contributed by atoms with Gasteiger partial charge in [-0.25, -0.2) is 0 Å². The number of nitrogens with zero attached hydrogens (tertiary/aromatic N) is 3. The van der Waals surface area contributed by atoms with Gasteiger partial charge in [-0.3, -0.25) is 0 Å². The molecule has 0 aliphatic carbocycles. The highest BCUT2D eigenvalue weighted by Gasteiger charge is 2.08. The van der Waals surface area contributed by atoms with Gasteiger partial charge in [-0.05, 0) is 23.2 Å². The summed E-state index contributed by atoms with van der Waals surface area (Å²) >= 11 is 0. The van der Waals surface area contributed by atoms with Gasteiger partial charge in [0.15, 0.2) is 11.5 Å². The maximum absolute atomic E-state index is 8.33. The number of methoxy groups -OCH3 is 2. The minimum atomic E-state index is -0.213. The zero-order valence-corrected chi connectivity index (χ0v) is 8.97. The Morgan fingerprint density at radius 1 is 1.27 bits per heavy atom. The molecule has 5 nitrogen and oxygen atoms in total. The number of rotatable bonds is 4. The average molecular weight is 207 g/mol. The predicted molar refractivity (Wildman–Crippen MR) is 57.1 cm³/mol. The molecule has 0 aliphatic rings. The summed E-state index contributed by atoms with van der Waals surface area (Å²) in [7, 11) is 3.15. The Morgan fingerprint density at radius 3 is 2.47 bits per heavy atom. The van der Waals surface area contributed by atoms with E-state index in [0.29, 0.717) is 11.5 Å². The molecule has 0 aliphatic heterocycles. The normalized spacial score (nSPS) is 11.4. The van der Waals surface area contributed by atoms with Crippen molar-refractivity contribution in [2.24, 2.45) is 5.11 Å². The summed E-state index contributed by atoms with van der Waals surface area (Å²) in [6, 6.07) is 5.23. The summed E-state index contributed by atoms with van der Waals surface area (Å²) < 4.78 is 10.2. The van der Waals surface area contributed by atoms with Crippen molar-refractivity contribution in [1.82, 2.24) is 0 Å². The number of hydrogen-bond acceptors (Lipinski definition) is 3. The van der Waals surface area contributed by atoms with Crippen LogP contribution in [0.25, 0.3) is 10.4 Å². The van der Waals surface area contributed by atoms with Crippen molar-refractivity contribution in [1.29, 1.82) is 0 Å². The largest absolute Gasteiger partial charge is 0.493 e. The van der Waals surface area contributed by atoms with E-state index in [9.17, 15) is 0 Å². The van der Waals surface area contributed by atoms with Crippen molar-refractivity contribution in [2.45, 2.75) is 13.0 Å². The van der Waals surface area contributed by atoms with Crippen LogP contribution in [0.5, 0.6) is 11.5 Å². The second kappa shape index (κ2) is 5.12. The average Bonchev–Trinajstić information content (AvgIpc) is 2.28. The molecule has 0 heterocycles. The Hall–Kier alpha value is -1.87. The van der Waals surface area contributed by atoms with E-state index >= 15 is 0 Å². The summed E-state index contributed by atoms with van der Waals surface area (Å²) in [4.78, 5) is 2.76. The summed E-state index contributed by atoms with van der Waals surface area (Å²) in [6.45, 7) is 1.82. The quantitative estimate of drug-likeness (QED) is 0.432. The fourth-order valence-corrected chi connectivity index (χ4v) is 1.26. The van der Waals surface area contributed by atoms with Gasteiger partial charge in [0.2, 0.25) is 0 Å². The van der Waals surface area contributed by atoms with Crippen LogP contribution in [-0.4, -0.2) is 14.2 Å². The van der Waals surface area contributed by atoms with Crippen LogP contribution >= 0.6 is 0 Å². The van der Waals surface area contributed by atoms with Crippen LogP contribution in [0.1, 0.15) is 18.5 Å². The third-order valence-corrected chi connectivity index (χ3v) is 2.11. The Labute approximate surface area is 88.3 Å². The molecule has 0 bridgehead atoms. The molecular formula is C10H13N3O2. The Balaban J connectivity index is 3.07. The summed E-state index contributed by atoms with van der Waals surface area (Å²) in [5.41, 5.74) is 9.22. The summed E-state index contributed by atoms with van der Waals surface area (Å²) in [5, 5.41) is 3.61. The molecule has 15 heavy (non-hydrogen) atoms. The van der Waals surface area contributed by atoms with E-state index in [2.05, 4.69) is 10.0 Å². The molecular weight excluding hydrogens is 194 g/mol. The lowest BCUT2D eigenvalue weighted by Gasteiger charge is -2.11. The fraction of sp³-hybridized carbons (Fsp3) is 0.400. The monoisotopic (exact) mass is 207 g/mol. The van der Waals surface area contributed by atoms with E-state index in [1.54, 1.807) is 26.4 Å². The van der Waals surface area contributed by atoms with Crippen LogP contribution in [0.2, 0.25) is 0 Å². The first-order valence-corrected chi connectivity index (χ1v) is 4.49. The van der Waals surface area contributed by atoms with Crippen molar-refractivity contribution in [3.63, 3.8) is 0 Å². The highest BCUT2D eigenvalue weighted by Crippen LogP contribution is 2.30. The SMILES string of the molecule is COc1ccc([C@H](C)N=[N+]=[N-])cc1OC. The van der Waals surface area contributed by atoms with Crippen molar-refractivity contribution < 1.29 is 9.47 Å². The van der Waals surface area contributed by atoms with Gasteiger partial charge >= 0.3 is 0 Å². The van der Waals surface area contributed by atoms with Crippen molar-refractivity contribution >= 4 is 0 Å². The maximum Gasteiger partial charge on any atom is 0.160 e. The molecule has 0 aromatic heterocycles. The maximum atomic E-state index is 8.33. The van der Waals surface area contributed by atoms with Crippen molar-refractivity contribution in [3.05, 3.63) is 34.2 Å². The van der Waals surface area contributed by atoms with Gasteiger partial charge in [0.05, 0.1) is 20.3 Å². The third kappa shape index (κ3) is 2.54. The second-order valence-corrected chi connectivity index (χ2v) is 3.00. The highest BCUT2D eigenvalue weighted by molar-refractivity contribution is 5.43. The van der Waals surface area contributed by atoms with Crippen LogP contribution in [0.4, 0.5) is 0 Å². The summed E-state index contributed by atoms with van der Waals surface area (Å²) in [6.07, 6.45) is 0. The minimum absolute atomic E-state index is 0.213. The zero-order valence-electron chi connectivity index (χ0n) is 8.97. The first-order valence-electron chi connectivity index (χ1n) is 4.49. The number of benzene rings is 1. The molecule has 5 heteroatoms. The van der Waals surface area contributed by atoms with Gasteiger partial charge in [-0.2, -0.15) is 0 Å². The molecule has 0 amide bonds. The Kier molecular flexibility index (Phi) is 3.83. The van der Waals surface area contributed by atoms with Gasteiger partial charge < -0.3 is 9.47 Å². The third-order valence-electron chi connectivity index (χ3n) is 2.11. The number of azide groups is 1. The van der Waals surface area contributed by atoms with Crippen molar-refractivity contribution in [2.75, 3.05) is 14.2 Å². The highest BCUT2D eigenvalue weighted by atomic mass is 16.5. The second-order valence-electron chi connectivity index (χ2n) is 3.00. The lowest BCUT2D eigenvalue weighted by molar-refractivity contribution is 0.354. The van der Waals surface area contributed by atoms with E-state index in [-0.39, 0.29) is 6.04 Å². The molecule has 0 N–H and O–H groups in total. The van der Waals surface area contributed by atoms with Crippen LogP contribution in [0, 0.1) is 0 Å². The molecule has 1 aromatic rings. The molecule has 1 atom stereocenters. The zero-order chi connectivity index (χ0) is 11.3. The molecule has 80 valence electrons. The molecule has 1 aromatic carbocycles. The smallest absolute Gasteiger partial charge is 0.160 e. The van der Waals surface area contributed by atoms with Gasteiger partial charge in [-0.1, -0.05) is 18.1 Å².